The molecule has 3 atom stereocenters. The summed E-state index contributed by atoms with van der Waals surface area (Å²) in [6.07, 6.45) is 3.36. The predicted molar refractivity (Wildman–Crippen MR) is 149 cm³/mol. The van der Waals surface area contributed by atoms with Crippen LogP contribution in [-0.4, -0.2) is 41.4 Å². The molecule has 9 heteroatoms. The highest BCUT2D eigenvalue weighted by Crippen LogP contribution is 2.47. The summed E-state index contributed by atoms with van der Waals surface area (Å²) in [6, 6.07) is 13.0. The van der Waals surface area contributed by atoms with Gasteiger partial charge in [-0.1, -0.05) is 34.4 Å². The molecule has 3 fully saturated rings. The lowest BCUT2D eigenvalue weighted by molar-refractivity contribution is 0.00688. The summed E-state index contributed by atoms with van der Waals surface area (Å²) in [6.45, 7) is 6.33. The number of esters is 2. The molecule has 1 saturated heterocycles. The van der Waals surface area contributed by atoms with Crippen molar-refractivity contribution in [3.8, 4) is 11.3 Å². The van der Waals surface area contributed by atoms with Crippen LogP contribution >= 0.6 is 23.2 Å². The lowest BCUT2D eigenvalue weighted by Crippen LogP contribution is -2.39. The molecular formula is C30H30Cl2N2O5. The number of piperidine rings is 1. The molecule has 6 rings (SSSR count). The van der Waals surface area contributed by atoms with Crippen LogP contribution in [0.5, 0.6) is 0 Å². The van der Waals surface area contributed by atoms with Crippen LogP contribution in [0.25, 0.3) is 11.3 Å². The summed E-state index contributed by atoms with van der Waals surface area (Å²) in [4.78, 5) is 28.3. The number of nitrogens with zero attached hydrogens (tertiary/aromatic N) is 2. The molecule has 0 amide bonds. The first-order valence-corrected chi connectivity index (χ1v) is 14.1. The number of rotatable bonds is 6. The number of carbonyl (C=O) groups is 2. The van der Waals surface area contributed by atoms with E-state index in [4.69, 9.17) is 37.2 Å². The first kappa shape index (κ1) is 26.2. The zero-order chi connectivity index (χ0) is 27.5. The fourth-order valence-corrected chi connectivity index (χ4v) is 6.28. The molecule has 3 aliphatic rings. The van der Waals surface area contributed by atoms with E-state index in [1.807, 2.05) is 32.9 Å². The third kappa shape index (κ3) is 5.14. The average molecular weight is 569 g/mol. The molecular weight excluding hydrogens is 539 g/mol. The Balaban J connectivity index is 1.16. The number of carbonyl (C=O) groups excluding carboxylic acids is 2. The molecule has 0 unspecified atom stereocenters. The van der Waals surface area contributed by atoms with Crippen molar-refractivity contribution in [2.75, 3.05) is 11.4 Å². The zero-order valence-corrected chi connectivity index (χ0v) is 23.6. The van der Waals surface area contributed by atoms with Gasteiger partial charge in [0.2, 0.25) is 0 Å². The summed E-state index contributed by atoms with van der Waals surface area (Å²) in [5, 5.41) is 5.02. The molecule has 0 radical (unpaired) electrons. The Morgan fingerprint density at radius 1 is 1.00 bits per heavy atom. The van der Waals surface area contributed by atoms with E-state index in [0.29, 0.717) is 38.2 Å². The van der Waals surface area contributed by atoms with Gasteiger partial charge in [-0.15, -0.1) is 0 Å². The molecule has 2 bridgehead atoms. The second kappa shape index (κ2) is 9.86. The van der Waals surface area contributed by atoms with Crippen molar-refractivity contribution in [2.45, 2.75) is 70.1 Å². The number of halogens is 2. The lowest BCUT2D eigenvalue weighted by atomic mass is 10.0. The summed E-state index contributed by atoms with van der Waals surface area (Å²) >= 11 is 12.9. The molecule has 3 aromatic rings. The minimum atomic E-state index is -0.539. The first-order valence-electron chi connectivity index (χ1n) is 13.3. The largest absolute Gasteiger partial charge is 0.458 e. The van der Waals surface area contributed by atoms with E-state index in [0.717, 1.165) is 37.9 Å². The molecule has 0 N–H and O–H groups in total. The Bertz CT molecular complexity index is 1400. The third-order valence-electron chi connectivity index (χ3n) is 7.64. The summed E-state index contributed by atoms with van der Waals surface area (Å²) in [5.74, 6) is 0.159. The number of hydrogen-bond donors (Lipinski definition) is 0. The van der Waals surface area contributed by atoms with Crippen LogP contribution in [0, 0.1) is 5.92 Å². The van der Waals surface area contributed by atoms with Gasteiger partial charge in [-0.2, -0.15) is 0 Å². The Morgan fingerprint density at radius 2 is 1.69 bits per heavy atom. The molecule has 2 saturated carbocycles. The Morgan fingerprint density at radius 3 is 2.28 bits per heavy atom. The highest BCUT2D eigenvalue weighted by molar-refractivity contribution is 6.39. The maximum atomic E-state index is 13.6. The molecule has 2 aromatic carbocycles. The van der Waals surface area contributed by atoms with Crippen LogP contribution in [0.2, 0.25) is 10.0 Å². The molecule has 2 aliphatic carbocycles. The molecule has 1 aliphatic heterocycles. The number of ether oxygens (including phenoxy) is 2. The maximum absolute atomic E-state index is 13.6. The van der Waals surface area contributed by atoms with Crippen molar-refractivity contribution in [2.24, 2.45) is 5.92 Å². The topological polar surface area (TPSA) is 81.9 Å². The number of hydrogen-bond acceptors (Lipinski definition) is 7. The van der Waals surface area contributed by atoms with E-state index in [1.54, 1.807) is 30.3 Å². The Hall–Kier alpha value is -3.03. The van der Waals surface area contributed by atoms with E-state index in [9.17, 15) is 9.59 Å². The molecule has 39 heavy (non-hydrogen) atoms. The van der Waals surface area contributed by atoms with Crippen molar-refractivity contribution < 1.29 is 23.6 Å². The monoisotopic (exact) mass is 568 g/mol. The Kier molecular flexibility index (Phi) is 6.63. The van der Waals surface area contributed by atoms with E-state index in [1.165, 1.54) is 0 Å². The fourth-order valence-electron chi connectivity index (χ4n) is 5.71. The van der Waals surface area contributed by atoms with Gasteiger partial charge in [0.1, 0.15) is 23.0 Å². The van der Waals surface area contributed by atoms with E-state index < -0.39 is 11.6 Å². The number of benzene rings is 2. The first-order chi connectivity index (χ1) is 18.6. The van der Waals surface area contributed by atoms with Crippen molar-refractivity contribution in [1.29, 1.82) is 0 Å². The SMILES string of the molecule is CC(C)(C)OC(=O)c1ccc(N2C[C@@H]3C[C@H]2C[C@H]3OC(=O)c2c(-c3c(Cl)cccc3Cl)noc2C2CC2)cc1. The minimum Gasteiger partial charge on any atom is -0.458 e. The second-order valence-corrected chi connectivity index (χ2v) is 12.5. The predicted octanol–water partition coefficient (Wildman–Crippen LogP) is 7.31. The summed E-state index contributed by atoms with van der Waals surface area (Å²) in [7, 11) is 0. The van der Waals surface area contributed by atoms with Gasteiger partial charge >= 0.3 is 11.9 Å². The van der Waals surface area contributed by atoms with Gasteiger partial charge in [0.25, 0.3) is 0 Å². The maximum Gasteiger partial charge on any atom is 0.344 e. The van der Waals surface area contributed by atoms with Crippen LogP contribution in [0.4, 0.5) is 5.69 Å². The molecule has 204 valence electrons. The summed E-state index contributed by atoms with van der Waals surface area (Å²) < 4.78 is 17.2. The van der Waals surface area contributed by atoms with Crippen LogP contribution in [0.1, 0.15) is 78.8 Å². The van der Waals surface area contributed by atoms with Crippen molar-refractivity contribution in [1.82, 2.24) is 5.16 Å². The molecule has 7 nitrogen and oxygen atoms in total. The molecule has 2 heterocycles. The number of fused-ring (bicyclic) bond motifs is 2. The fraction of sp³-hybridized carbons (Fsp3) is 0.433. The average Bonchev–Trinajstić information content (AvgIpc) is 3.32. The van der Waals surface area contributed by atoms with Gasteiger partial charge in [0.15, 0.2) is 5.76 Å². The minimum absolute atomic E-state index is 0.161. The van der Waals surface area contributed by atoms with Crippen molar-refractivity contribution in [3.05, 3.63) is 69.4 Å². The normalized spacial score (nSPS) is 22.3. The van der Waals surface area contributed by atoms with Crippen molar-refractivity contribution in [3.63, 3.8) is 0 Å². The highest BCUT2D eigenvalue weighted by Gasteiger charge is 2.47. The standard InChI is InChI=1S/C30H30Cl2N2O5/c1-30(2,3)38-28(35)17-9-11-19(12-10-17)34-15-18-13-20(34)14-23(18)37-29(36)25-26(33-39-27(25)16-7-8-16)24-21(31)5-4-6-22(24)32/h4-6,9-12,16,18,20,23H,7-8,13-15H2,1-3H3/t18-,20-,23+/m0/s1. The van der Waals surface area contributed by atoms with E-state index >= 15 is 0 Å². The Labute approximate surface area is 237 Å². The van der Waals surface area contributed by atoms with Crippen LogP contribution in [0.3, 0.4) is 0 Å². The zero-order valence-electron chi connectivity index (χ0n) is 22.1. The quantitative estimate of drug-likeness (QED) is 0.288. The molecule has 0 spiro atoms. The van der Waals surface area contributed by atoms with Gasteiger partial charge in [-0.25, -0.2) is 9.59 Å². The second-order valence-electron chi connectivity index (χ2n) is 11.7. The van der Waals surface area contributed by atoms with Gasteiger partial charge in [-0.3, -0.25) is 0 Å². The van der Waals surface area contributed by atoms with Gasteiger partial charge in [0, 0.05) is 42.1 Å². The highest BCUT2D eigenvalue weighted by atomic mass is 35.5. The van der Waals surface area contributed by atoms with Crippen LogP contribution in [-0.2, 0) is 9.47 Å². The van der Waals surface area contributed by atoms with Gasteiger partial charge < -0.3 is 18.9 Å². The molecule has 1 aromatic heterocycles. The van der Waals surface area contributed by atoms with Crippen LogP contribution in [0.15, 0.2) is 47.0 Å². The summed E-state index contributed by atoms with van der Waals surface area (Å²) in [5.41, 5.74) is 2.20. The van der Waals surface area contributed by atoms with Crippen molar-refractivity contribution >= 4 is 40.8 Å². The number of aromatic nitrogens is 1. The lowest BCUT2D eigenvalue weighted by Gasteiger charge is -2.33. The van der Waals surface area contributed by atoms with Crippen LogP contribution < -0.4 is 4.90 Å². The van der Waals surface area contributed by atoms with E-state index in [2.05, 4.69) is 10.1 Å². The number of anilines is 1. The van der Waals surface area contributed by atoms with E-state index in [-0.39, 0.29) is 30.0 Å². The third-order valence-corrected chi connectivity index (χ3v) is 8.27. The van der Waals surface area contributed by atoms with Gasteiger partial charge in [-0.05, 0) is 76.4 Å². The smallest absolute Gasteiger partial charge is 0.344 e. The van der Waals surface area contributed by atoms with Gasteiger partial charge in [0.05, 0.1) is 15.6 Å².